The first-order valence-electron chi connectivity index (χ1n) is 88.7. The SMILES string of the molecule is [2H]C([2H])([2H])Oc1cc2c(cc1OC)C([2H])([2H])C([2H])([2H])N1CC([2H])(CC(C)C)C(=O)C([2H])([2H])C21[2H].[2H]c1c(OC([2H])([2H])[2H])c(OC)c([2H])c2c1C1([2H])CC(=O)C(C([2H])([2H])C([2H])(C([2H])([2H])[2H])C([2H])([2H])C)CN1C([2H])([2H])C2([2H])[2H].[2H]c1c(OC([2H])([2H])[2H])c(OC)c([2H])c2c1C1([2H])CC(=O)C(CC(C)C)C([2H])([2H])N1C([2H])([2H])C2([2H])[2H].[2H]c1c(OC([2H])([2H])[2H])c(OC)c([2H])c2c1C1([2H])CC(=O)C(CC(C)C)CN1C([2H])([2H])C2([2H])[2H].[2H]c1c(OC)c(OC([2H])([2H])[2H])c([2H])c2c1C([2H])([2H])C([2H])([2H])N1CC([2H])(C([2H])([2H])C([2H])(C([2H])([2H])[2H])C([2H])([2H])C)C(=O)C([2H])([2H])C21[2H].[2H]c1c2c(c([2H])c(OC([2H])([2H])[2H])c1OC)C1N(CC2)C([2H])([2H])C([2H])(C([2H])([2H])C([2H])(C([2H])([2H])[2H])C([2H])([2H])C)C(=O)C1([2H])[2H]. The molecule has 0 amide bonds. The van der Waals surface area contributed by atoms with Gasteiger partial charge in [-0.1, -0.05) is 102 Å². The number of fused-ring (bicyclic) bond motifs is 18. The van der Waals surface area contributed by atoms with Crippen molar-refractivity contribution in [1.82, 2.24) is 29.4 Å². The van der Waals surface area contributed by atoms with Crippen LogP contribution in [0.25, 0.3) is 0 Å². The molecule has 6 aromatic rings. The van der Waals surface area contributed by atoms with E-state index in [9.17, 15) is 31.5 Å². The van der Waals surface area contributed by atoms with E-state index in [0.29, 0.717) is 46.8 Å². The zero-order valence-corrected chi connectivity index (χ0v) is 79.2. The molecule has 15 atom stereocenters. The summed E-state index contributed by atoms with van der Waals surface area (Å²) in [6.07, 6.45) is -51.0. The number of carbonyl (C=O) groups excluding carboxylic acids is 6. The van der Waals surface area contributed by atoms with Gasteiger partial charge in [0, 0.05) is 266 Å². The van der Waals surface area contributed by atoms with Crippen molar-refractivity contribution in [2.24, 2.45) is 70.9 Å². The molecule has 0 radical (unpaired) electrons. The number of piperidine rings is 6. The van der Waals surface area contributed by atoms with E-state index in [1.165, 1.54) is 0 Å². The van der Waals surface area contributed by atoms with Crippen LogP contribution in [0.3, 0.4) is 0 Å². The van der Waals surface area contributed by atoms with Crippen LogP contribution in [-0.2, 0) is 67.1 Å². The molecular weight excluding hydrogens is 1780 g/mol. The van der Waals surface area contributed by atoms with Crippen molar-refractivity contribution in [3.05, 3.63) is 139 Å². The second-order valence-corrected chi connectivity index (χ2v) is 33.3. The third-order valence-electron chi connectivity index (χ3n) is 22.8. The van der Waals surface area contributed by atoms with Gasteiger partial charge >= 0.3 is 0 Å². The number of ether oxygens (including phenoxy) is 12. The molecule has 6 fully saturated rings. The lowest BCUT2D eigenvalue weighted by atomic mass is 9.79. The van der Waals surface area contributed by atoms with Gasteiger partial charge < -0.3 is 56.8 Å². The van der Waals surface area contributed by atoms with E-state index in [1.54, 1.807) is 27.7 Å². The maximum atomic E-state index is 14.0. The largest absolute Gasteiger partial charge is 0.493 e. The molecule has 0 saturated carbocycles. The van der Waals surface area contributed by atoms with Crippen LogP contribution in [0.5, 0.6) is 69.0 Å². The first-order valence-corrected chi connectivity index (χ1v) is 43.7. The third kappa shape index (κ3) is 25.6. The van der Waals surface area contributed by atoms with Gasteiger partial charge in [0.25, 0.3) is 0 Å². The maximum Gasteiger partial charge on any atom is 0.161 e. The molecule has 0 N–H and O–H groups in total. The number of ketones is 6. The van der Waals surface area contributed by atoms with Gasteiger partial charge in [0.05, 0.1) is 130 Å². The second kappa shape index (κ2) is 50.0. The second-order valence-electron chi connectivity index (χ2n) is 33.3. The average molecular weight is 2040 g/mol. The highest BCUT2D eigenvalue weighted by molar-refractivity contribution is 5.86. The standard InChI is InChI=1S/3C20H29NO3.3C19H27NO3/c3*1-5-13(2)8-15-12-21-7-6-14-9-19(23-3)20(24-4)10-16(14)17(21)11-18(15)22;3*1-12(2)7-14-11-20-6-5-13-8-18(22-3)19(23-4)9-15(13)16(20)10-17(14)21/h3*9-10,13,15,17H,5-8,11-12H2,1-4H3;3*8-9,12,14,16H,5-7,10-11H2,1-4H3/i2D3,4D3,5D2,6D2,7D2,8D2,9D,10D,11D2,13D,15D,17D;2D3,4D3,5D2,8D2,9D,10D,11D2,12D2,13D,15D;2D3,4D3,5D2,6D2,7D2,8D2,9D,10D,13D,17D;4D3,5D2,6D2,8D,9D,11D2,16D;4D3,5D2,6D2,10D2,14D,16D;4D3,5D2,6D2,8D,9D,16D. The van der Waals surface area contributed by atoms with Gasteiger partial charge in [0.2, 0.25) is 0 Å². The molecule has 18 rings (SSSR count). The molecule has 0 spiro atoms. The van der Waals surface area contributed by atoms with E-state index in [0.717, 1.165) is 59.7 Å². The summed E-state index contributed by atoms with van der Waals surface area (Å²) in [6.45, 7) is -26.6. The van der Waals surface area contributed by atoms with Crippen LogP contribution in [0, 0.1) is 70.9 Å². The Hall–Kier alpha value is -9.30. The van der Waals surface area contributed by atoms with Gasteiger partial charge in [0.1, 0.15) is 34.7 Å². The zero-order valence-electron chi connectivity index (χ0n) is 169. The summed E-state index contributed by atoms with van der Waals surface area (Å²) in [5.41, 5.74) is -8.46. The van der Waals surface area contributed by atoms with Crippen molar-refractivity contribution < 1.29 is 209 Å². The van der Waals surface area contributed by atoms with E-state index < -0.39 is 546 Å². The normalized spacial score (nSPS) is 45.6. The zero-order chi connectivity index (χ0) is 180. The van der Waals surface area contributed by atoms with Crippen LogP contribution in [0.2, 0.25) is 0 Å². The molecule has 12 heterocycles. The van der Waals surface area contributed by atoms with Gasteiger partial charge in [-0.05, 0) is 251 Å². The molecule has 141 heavy (non-hydrogen) atoms. The summed E-state index contributed by atoms with van der Waals surface area (Å²) in [4.78, 5) is 83.5. The molecule has 774 valence electrons. The maximum absolute atomic E-state index is 14.0. The number of benzene rings is 6. The number of methoxy groups -OCH3 is 12. The Labute approximate surface area is 969 Å². The highest BCUT2D eigenvalue weighted by Crippen LogP contribution is 2.51. The van der Waals surface area contributed by atoms with E-state index >= 15 is 0 Å². The number of hydrogen-bond acceptors (Lipinski definition) is 24. The highest BCUT2D eigenvalue weighted by Gasteiger charge is 2.47. The predicted molar refractivity (Wildman–Crippen MR) is 555 cm³/mol. The quantitative estimate of drug-likeness (QED) is 0.0466. The van der Waals surface area contributed by atoms with Gasteiger partial charge in [-0.15, -0.1) is 0 Å². The predicted octanol–water partition coefficient (Wildman–Crippen LogP) is 20.6. The Morgan fingerprint density at radius 1 is 0.340 bits per heavy atom. The van der Waals surface area contributed by atoms with Crippen molar-refractivity contribution in [3.63, 3.8) is 0 Å². The number of aryl methyl sites for hydroxylation is 1. The Morgan fingerprint density at radius 3 is 1.13 bits per heavy atom. The van der Waals surface area contributed by atoms with E-state index in [4.69, 9.17) is 177 Å². The molecule has 15 unspecified atom stereocenters. The minimum atomic E-state index is -4.22. The summed E-state index contributed by atoms with van der Waals surface area (Å²) < 4.78 is 807. The summed E-state index contributed by atoms with van der Waals surface area (Å²) in [6, 6.07) is -23.6. The third-order valence-corrected chi connectivity index (χ3v) is 22.8. The minimum absolute atomic E-state index is 0.0117. The fraction of sp³-hybridized carbons (Fsp3) is 0.641. The lowest BCUT2D eigenvalue weighted by Crippen LogP contribution is -2.46. The molecule has 12 aliphatic rings. The van der Waals surface area contributed by atoms with Gasteiger partial charge in [-0.2, -0.15) is 0 Å². The van der Waals surface area contributed by atoms with E-state index in [-0.39, 0.29) is 65.6 Å². The summed E-state index contributed by atoms with van der Waals surface area (Å²) in [7, 11) is -12.8. The van der Waals surface area contributed by atoms with Crippen LogP contribution < -0.4 is 56.8 Å². The molecule has 6 saturated heterocycles. The van der Waals surface area contributed by atoms with Gasteiger partial charge in [-0.25, -0.2) is 0 Å². The van der Waals surface area contributed by atoms with Crippen molar-refractivity contribution in [3.8, 4) is 69.0 Å². The van der Waals surface area contributed by atoms with E-state index in [2.05, 4.69) is 0 Å². The van der Waals surface area contributed by atoms with Gasteiger partial charge in [0.15, 0.2) is 69.0 Å². The highest BCUT2D eigenvalue weighted by atomic mass is 16.5. The first kappa shape index (κ1) is 41.2. The number of nitrogens with zero attached hydrogens (tertiary/aromatic N) is 6. The minimum Gasteiger partial charge on any atom is -0.493 e. The lowest BCUT2D eigenvalue weighted by Gasteiger charge is -2.43. The number of carbonyl (C=O) groups is 6. The molecule has 6 aromatic carbocycles. The van der Waals surface area contributed by atoms with Crippen LogP contribution in [0.15, 0.2) is 72.6 Å². The molecule has 0 aromatic heterocycles. The summed E-state index contributed by atoms with van der Waals surface area (Å²) >= 11 is 0. The Bertz CT molecular complexity index is 9770. The van der Waals surface area contributed by atoms with Crippen LogP contribution in [0.4, 0.5) is 0 Å². The van der Waals surface area contributed by atoms with Crippen molar-refractivity contribution >= 4 is 34.7 Å². The lowest BCUT2D eigenvalue weighted by molar-refractivity contribution is -0.130. The molecule has 0 bridgehead atoms. The van der Waals surface area contributed by atoms with E-state index in [1.807, 2.05) is 13.8 Å². The van der Waals surface area contributed by atoms with Crippen LogP contribution in [0.1, 0.15) is 405 Å². The van der Waals surface area contributed by atoms with Crippen LogP contribution in [-0.4, -0.2) is 227 Å². The number of Topliss-reactive ketones (excluding diaryl/α,β-unsaturated/α-hetero) is 6. The molecule has 12 aliphatic heterocycles. The van der Waals surface area contributed by atoms with Crippen molar-refractivity contribution in [2.75, 3.05) is 163 Å². The fourth-order valence-corrected chi connectivity index (χ4v) is 16.0. The fourth-order valence-electron chi connectivity index (χ4n) is 16.0. The van der Waals surface area contributed by atoms with Crippen molar-refractivity contribution in [1.29, 1.82) is 0 Å². The molecular formula is C117H168N6O18. The molecule has 24 heteroatoms. The Kier molecular flexibility index (Phi) is 14.6. The Morgan fingerprint density at radius 2 is 0.681 bits per heavy atom. The smallest absolute Gasteiger partial charge is 0.161 e. The topological polar surface area (TPSA) is 233 Å². The summed E-state index contributed by atoms with van der Waals surface area (Å²) in [5, 5.41) is 0. The monoisotopic (exact) mass is 2040 g/mol. The van der Waals surface area contributed by atoms with Gasteiger partial charge in [-0.3, -0.25) is 58.2 Å². The average Bonchev–Trinajstić information content (AvgIpc) is 0.645. The number of rotatable bonds is 27. The molecule has 24 nitrogen and oxygen atoms in total. The first-order chi connectivity index (χ1) is 102. The van der Waals surface area contributed by atoms with Crippen LogP contribution >= 0.6 is 0 Å². The Balaban J connectivity index is 0.000000220. The summed E-state index contributed by atoms with van der Waals surface area (Å²) in [5.74, 6) is -42.8. The van der Waals surface area contributed by atoms with Crippen molar-refractivity contribution in [2.45, 2.75) is 253 Å². The number of hydrogen-bond donors (Lipinski definition) is 0. The molecule has 0 aliphatic carbocycles.